The minimum atomic E-state index is -0.0784. The normalized spacial score (nSPS) is 10.2. The standard InChI is InChI=1S/C13H20N2O2/c1-2-14-8-9-17-11-13(16)15-10-12-6-4-3-5-7-12/h3-7,14H,2,8-11H2,1H3,(H,15,16). The average molecular weight is 236 g/mol. The largest absolute Gasteiger partial charge is 0.370 e. The molecule has 0 fully saturated rings. The van der Waals surface area contributed by atoms with Gasteiger partial charge in [-0.2, -0.15) is 0 Å². The lowest BCUT2D eigenvalue weighted by molar-refractivity contribution is -0.125. The first-order valence-electron chi connectivity index (χ1n) is 5.92. The van der Waals surface area contributed by atoms with E-state index in [-0.39, 0.29) is 12.5 Å². The first-order valence-corrected chi connectivity index (χ1v) is 5.92. The molecule has 2 N–H and O–H groups in total. The lowest BCUT2D eigenvalue weighted by Crippen LogP contribution is -2.28. The lowest BCUT2D eigenvalue weighted by atomic mass is 10.2. The van der Waals surface area contributed by atoms with Crippen LogP contribution in [0, 0.1) is 0 Å². The summed E-state index contributed by atoms with van der Waals surface area (Å²) in [5.41, 5.74) is 1.09. The van der Waals surface area contributed by atoms with Gasteiger partial charge < -0.3 is 15.4 Å². The van der Waals surface area contributed by atoms with Gasteiger partial charge in [-0.15, -0.1) is 0 Å². The summed E-state index contributed by atoms with van der Waals surface area (Å²) >= 11 is 0. The Bertz CT molecular complexity index is 314. The molecule has 0 radical (unpaired) electrons. The maximum Gasteiger partial charge on any atom is 0.246 e. The molecule has 0 saturated heterocycles. The molecule has 0 saturated carbocycles. The van der Waals surface area contributed by atoms with Crippen LogP contribution >= 0.6 is 0 Å². The second kappa shape index (κ2) is 8.73. The first-order chi connectivity index (χ1) is 8.33. The predicted octanol–water partition coefficient (Wildman–Crippen LogP) is 0.929. The maximum atomic E-state index is 11.4. The number of ether oxygens (including phenoxy) is 1. The fourth-order valence-electron chi connectivity index (χ4n) is 1.33. The van der Waals surface area contributed by atoms with E-state index in [1.165, 1.54) is 0 Å². The third kappa shape index (κ3) is 6.71. The van der Waals surface area contributed by atoms with E-state index in [2.05, 4.69) is 10.6 Å². The molecule has 0 unspecified atom stereocenters. The van der Waals surface area contributed by atoms with Crippen molar-refractivity contribution < 1.29 is 9.53 Å². The number of carbonyl (C=O) groups excluding carboxylic acids is 1. The smallest absolute Gasteiger partial charge is 0.246 e. The van der Waals surface area contributed by atoms with Gasteiger partial charge in [0.05, 0.1) is 6.61 Å². The van der Waals surface area contributed by atoms with Gasteiger partial charge in [0.15, 0.2) is 0 Å². The van der Waals surface area contributed by atoms with Gasteiger partial charge in [-0.1, -0.05) is 37.3 Å². The van der Waals surface area contributed by atoms with Crippen molar-refractivity contribution in [2.75, 3.05) is 26.3 Å². The summed E-state index contributed by atoms with van der Waals surface area (Å²) in [5, 5.41) is 5.93. The second-order valence-corrected chi connectivity index (χ2v) is 3.67. The molecule has 1 aromatic rings. The maximum absolute atomic E-state index is 11.4. The van der Waals surface area contributed by atoms with Crippen LogP contribution in [0.3, 0.4) is 0 Å². The van der Waals surface area contributed by atoms with Crippen molar-refractivity contribution >= 4 is 5.91 Å². The molecule has 0 aliphatic heterocycles. The molecule has 0 spiro atoms. The van der Waals surface area contributed by atoms with E-state index >= 15 is 0 Å². The van der Waals surface area contributed by atoms with Crippen LogP contribution in [0.5, 0.6) is 0 Å². The van der Waals surface area contributed by atoms with Crippen molar-refractivity contribution in [3.63, 3.8) is 0 Å². The van der Waals surface area contributed by atoms with Gasteiger partial charge >= 0.3 is 0 Å². The Kier molecular flexibility index (Phi) is 7.02. The van der Waals surface area contributed by atoms with Gasteiger partial charge in [0.1, 0.15) is 6.61 Å². The van der Waals surface area contributed by atoms with Crippen molar-refractivity contribution in [1.82, 2.24) is 10.6 Å². The lowest BCUT2D eigenvalue weighted by Gasteiger charge is -2.06. The molecular weight excluding hydrogens is 216 g/mol. The van der Waals surface area contributed by atoms with Gasteiger partial charge in [-0.05, 0) is 12.1 Å². The number of hydrogen-bond acceptors (Lipinski definition) is 3. The molecule has 0 atom stereocenters. The number of rotatable bonds is 8. The Morgan fingerprint density at radius 2 is 2.06 bits per heavy atom. The molecule has 1 aromatic carbocycles. The molecule has 0 aliphatic rings. The number of hydrogen-bond donors (Lipinski definition) is 2. The molecule has 1 rings (SSSR count). The first kappa shape index (κ1) is 13.7. The molecule has 17 heavy (non-hydrogen) atoms. The van der Waals surface area contributed by atoms with E-state index in [9.17, 15) is 4.79 Å². The van der Waals surface area contributed by atoms with Crippen molar-refractivity contribution in [3.8, 4) is 0 Å². The van der Waals surface area contributed by atoms with Crippen LogP contribution in [-0.4, -0.2) is 32.2 Å². The third-order valence-electron chi connectivity index (χ3n) is 2.24. The van der Waals surface area contributed by atoms with Crippen molar-refractivity contribution in [2.45, 2.75) is 13.5 Å². The molecule has 0 aromatic heterocycles. The second-order valence-electron chi connectivity index (χ2n) is 3.67. The predicted molar refractivity (Wildman–Crippen MR) is 67.7 cm³/mol. The number of carbonyl (C=O) groups is 1. The molecule has 4 heteroatoms. The van der Waals surface area contributed by atoms with E-state index in [0.717, 1.165) is 18.7 Å². The zero-order chi connectivity index (χ0) is 12.3. The van der Waals surface area contributed by atoms with Gasteiger partial charge in [0.25, 0.3) is 0 Å². The van der Waals surface area contributed by atoms with Crippen molar-refractivity contribution in [1.29, 1.82) is 0 Å². The van der Waals surface area contributed by atoms with Gasteiger partial charge in [0.2, 0.25) is 5.91 Å². The van der Waals surface area contributed by atoms with Crippen LogP contribution in [0.1, 0.15) is 12.5 Å². The minimum absolute atomic E-state index is 0.0784. The van der Waals surface area contributed by atoms with Gasteiger partial charge in [0, 0.05) is 13.1 Å². The monoisotopic (exact) mass is 236 g/mol. The fourth-order valence-corrected chi connectivity index (χ4v) is 1.33. The molecule has 0 bridgehead atoms. The topological polar surface area (TPSA) is 50.4 Å². The zero-order valence-corrected chi connectivity index (χ0v) is 10.2. The number of amides is 1. The fraction of sp³-hybridized carbons (Fsp3) is 0.462. The summed E-state index contributed by atoms with van der Waals surface area (Å²) in [5.74, 6) is -0.0784. The number of nitrogens with one attached hydrogen (secondary N) is 2. The van der Waals surface area contributed by atoms with Crippen LogP contribution in [0.15, 0.2) is 30.3 Å². The minimum Gasteiger partial charge on any atom is -0.370 e. The Morgan fingerprint density at radius 3 is 2.76 bits per heavy atom. The van der Waals surface area contributed by atoms with E-state index in [4.69, 9.17) is 4.74 Å². The van der Waals surface area contributed by atoms with E-state index in [0.29, 0.717) is 13.2 Å². The van der Waals surface area contributed by atoms with Crippen LogP contribution < -0.4 is 10.6 Å². The van der Waals surface area contributed by atoms with Crippen LogP contribution in [0.4, 0.5) is 0 Å². The Hall–Kier alpha value is -1.39. The Morgan fingerprint density at radius 1 is 1.29 bits per heavy atom. The molecular formula is C13H20N2O2. The molecule has 1 amide bonds. The number of benzene rings is 1. The van der Waals surface area contributed by atoms with Crippen LogP contribution in [-0.2, 0) is 16.1 Å². The quantitative estimate of drug-likeness (QED) is 0.660. The summed E-state index contributed by atoms with van der Waals surface area (Å²) in [7, 11) is 0. The Balaban J connectivity index is 2.05. The van der Waals surface area contributed by atoms with E-state index in [1.54, 1.807) is 0 Å². The highest BCUT2D eigenvalue weighted by Crippen LogP contribution is 1.96. The summed E-state index contributed by atoms with van der Waals surface area (Å²) in [6.45, 7) is 4.97. The van der Waals surface area contributed by atoms with E-state index < -0.39 is 0 Å². The van der Waals surface area contributed by atoms with Gasteiger partial charge in [-0.25, -0.2) is 0 Å². The van der Waals surface area contributed by atoms with E-state index in [1.807, 2.05) is 37.3 Å². The van der Waals surface area contributed by atoms with Crippen molar-refractivity contribution in [3.05, 3.63) is 35.9 Å². The average Bonchev–Trinajstić information content (AvgIpc) is 2.37. The molecule has 0 aliphatic carbocycles. The van der Waals surface area contributed by atoms with Gasteiger partial charge in [-0.3, -0.25) is 4.79 Å². The summed E-state index contributed by atoms with van der Waals surface area (Å²) < 4.78 is 5.21. The third-order valence-corrected chi connectivity index (χ3v) is 2.24. The highest BCUT2D eigenvalue weighted by molar-refractivity contribution is 5.77. The summed E-state index contributed by atoms with van der Waals surface area (Å²) in [6.07, 6.45) is 0. The highest BCUT2D eigenvalue weighted by atomic mass is 16.5. The SMILES string of the molecule is CCNCCOCC(=O)NCc1ccccc1. The van der Waals surface area contributed by atoms with Crippen LogP contribution in [0.25, 0.3) is 0 Å². The summed E-state index contributed by atoms with van der Waals surface area (Å²) in [6, 6.07) is 9.82. The van der Waals surface area contributed by atoms with Crippen LogP contribution in [0.2, 0.25) is 0 Å². The Labute approximate surface area is 102 Å². The zero-order valence-electron chi connectivity index (χ0n) is 10.2. The summed E-state index contributed by atoms with van der Waals surface area (Å²) in [4.78, 5) is 11.4. The van der Waals surface area contributed by atoms with Crippen molar-refractivity contribution in [2.24, 2.45) is 0 Å². The molecule has 4 nitrogen and oxygen atoms in total. The molecule has 0 heterocycles. The highest BCUT2D eigenvalue weighted by Gasteiger charge is 2.00. The number of likely N-dealkylation sites (N-methyl/N-ethyl adjacent to an activating group) is 1. The molecule has 94 valence electrons.